The monoisotopic (exact) mass is 384 g/mol. The van der Waals surface area contributed by atoms with E-state index in [-0.39, 0.29) is 11.7 Å². The van der Waals surface area contributed by atoms with Crippen LogP contribution < -0.4 is 10.1 Å². The highest BCUT2D eigenvalue weighted by molar-refractivity contribution is 8.18. The van der Waals surface area contributed by atoms with Gasteiger partial charge in [0.1, 0.15) is 11.6 Å². The number of halogens is 1. The van der Waals surface area contributed by atoms with E-state index in [0.29, 0.717) is 21.7 Å². The van der Waals surface area contributed by atoms with Crippen LogP contribution in [-0.2, 0) is 4.79 Å². The fraction of sp³-hybridized carbons (Fsp3) is 0.238. The molecule has 6 heteroatoms. The highest BCUT2D eigenvalue weighted by Gasteiger charge is 2.24. The molecule has 1 heterocycles. The molecule has 0 spiro atoms. The van der Waals surface area contributed by atoms with E-state index in [9.17, 15) is 9.18 Å². The molecule has 3 rings (SSSR count). The van der Waals surface area contributed by atoms with Crippen molar-refractivity contribution in [1.29, 1.82) is 0 Å². The summed E-state index contributed by atoms with van der Waals surface area (Å²) in [6, 6.07) is 9.87. The molecule has 0 atom stereocenters. The van der Waals surface area contributed by atoms with E-state index in [1.807, 2.05) is 19.1 Å². The predicted octanol–water partition coefficient (Wildman–Crippen LogP) is 5.16. The molecule has 1 N–H and O–H groups in total. The number of ether oxygens (including phenoxy) is 1. The minimum absolute atomic E-state index is 0.192. The Bertz CT molecular complexity index is 934. The van der Waals surface area contributed by atoms with Gasteiger partial charge in [0.2, 0.25) is 0 Å². The summed E-state index contributed by atoms with van der Waals surface area (Å²) in [7, 11) is 1.66. The van der Waals surface area contributed by atoms with Gasteiger partial charge < -0.3 is 10.1 Å². The number of hydrogen-bond donors (Lipinski definition) is 1. The maximum atomic E-state index is 13.0. The number of aryl methyl sites for hydroxylation is 1. The second kappa shape index (κ2) is 7.96. The molecule has 0 saturated carbocycles. The van der Waals surface area contributed by atoms with Crippen molar-refractivity contribution in [3.05, 3.63) is 63.8 Å². The number of nitrogens with zero attached hydrogens (tertiary/aromatic N) is 1. The molecule has 0 aromatic heterocycles. The number of hydrogen-bond acceptors (Lipinski definition) is 4. The van der Waals surface area contributed by atoms with Gasteiger partial charge in [0.25, 0.3) is 5.91 Å². The first kappa shape index (κ1) is 19.2. The zero-order valence-electron chi connectivity index (χ0n) is 15.7. The first-order valence-corrected chi connectivity index (χ1v) is 9.42. The molecule has 1 amide bonds. The minimum Gasteiger partial charge on any atom is -0.496 e. The van der Waals surface area contributed by atoms with E-state index in [1.165, 1.54) is 23.9 Å². The third-order valence-corrected chi connectivity index (χ3v) is 5.14. The zero-order valence-corrected chi connectivity index (χ0v) is 16.5. The summed E-state index contributed by atoms with van der Waals surface area (Å²) in [5, 5.41) is 3.23. The molecule has 0 radical (unpaired) electrons. The van der Waals surface area contributed by atoms with Crippen LogP contribution in [0.1, 0.15) is 36.5 Å². The fourth-order valence-corrected chi connectivity index (χ4v) is 3.59. The van der Waals surface area contributed by atoms with Crippen LogP contribution in [0.25, 0.3) is 6.08 Å². The standard InChI is InChI=1S/C21H21FN2O2S/c1-12(2)17-10-14(13(3)9-18(17)26-4)11-19-20(25)24-21(27-19)23-16-7-5-15(22)6-8-16/h5-12H,1-4H3,(H,23,24,25)/b19-11+. The molecule has 2 aromatic rings. The summed E-state index contributed by atoms with van der Waals surface area (Å²) in [4.78, 5) is 17.2. The molecule has 4 nitrogen and oxygen atoms in total. The van der Waals surface area contributed by atoms with Crippen LogP contribution in [0.5, 0.6) is 5.75 Å². The van der Waals surface area contributed by atoms with E-state index in [2.05, 4.69) is 30.2 Å². The zero-order chi connectivity index (χ0) is 19.6. The van der Waals surface area contributed by atoms with Crippen molar-refractivity contribution in [2.45, 2.75) is 26.7 Å². The fourth-order valence-electron chi connectivity index (χ4n) is 2.75. The van der Waals surface area contributed by atoms with E-state index in [4.69, 9.17) is 4.74 Å². The summed E-state index contributed by atoms with van der Waals surface area (Å²) >= 11 is 1.27. The molecule has 1 aliphatic rings. The SMILES string of the molecule is COc1cc(C)c(/C=C2/SC(=Nc3ccc(F)cc3)NC2=O)cc1C(C)C. The number of thioether (sulfide) groups is 1. The van der Waals surface area contributed by atoms with Gasteiger partial charge in [-0.3, -0.25) is 4.79 Å². The molecule has 0 unspecified atom stereocenters. The van der Waals surface area contributed by atoms with Crippen molar-refractivity contribution in [3.8, 4) is 5.75 Å². The number of carbonyl (C=O) groups is 1. The van der Waals surface area contributed by atoms with Crippen LogP contribution in [0, 0.1) is 12.7 Å². The Morgan fingerprint density at radius 1 is 1.22 bits per heavy atom. The number of aliphatic imine (C=N–C) groups is 1. The van der Waals surface area contributed by atoms with E-state index in [0.717, 1.165) is 22.4 Å². The number of amides is 1. The molecule has 27 heavy (non-hydrogen) atoms. The topological polar surface area (TPSA) is 50.7 Å². The first-order chi connectivity index (χ1) is 12.9. The van der Waals surface area contributed by atoms with Crippen molar-refractivity contribution in [2.24, 2.45) is 4.99 Å². The van der Waals surface area contributed by atoms with Crippen molar-refractivity contribution in [2.75, 3.05) is 7.11 Å². The normalized spacial score (nSPS) is 17.0. The Kier molecular flexibility index (Phi) is 5.65. The highest BCUT2D eigenvalue weighted by Crippen LogP contribution is 2.33. The third-order valence-electron chi connectivity index (χ3n) is 4.24. The van der Waals surface area contributed by atoms with Crippen LogP contribution in [0.3, 0.4) is 0 Å². The van der Waals surface area contributed by atoms with E-state index in [1.54, 1.807) is 19.2 Å². The van der Waals surface area contributed by atoms with E-state index >= 15 is 0 Å². The number of nitrogens with one attached hydrogen (secondary N) is 1. The lowest BCUT2D eigenvalue weighted by Crippen LogP contribution is -2.19. The molecule has 1 aliphatic heterocycles. The summed E-state index contributed by atoms with van der Waals surface area (Å²) < 4.78 is 18.5. The maximum Gasteiger partial charge on any atom is 0.264 e. The third kappa shape index (κ3) is 4.39. The lowest BCUT2D eigenvalue weighted by atomic mass is 9.96. The summed E-state index contributed by atoms with van der Waals surface area (Å²) in [6.45, 7) is 6.20. The maximum absolute atomic E-state index is 13.0. The molecule has 0 aliphatic carbocycles. The number of carbonyl (C=O) groups excluding carboxylic acids is 1. The predicted molar refractivity (Wildman–Crippen MR) is 109 cm³/mol. The Hall–Kier alpha value is -2.60. The summed E-state index contributed by atoms with van der Waals surface area (Å²) in [5.41, 5.74) is 3.68. The van der Waals surface area contributed by atoms with Gasteiger partial charge in [-0.25, -0.2) is 9.38 Å². The van der Waals surface area contributed by atoms with Crippen LogP contribution >= 0.6 is 11.8 Å². The van der Waals surface area contributed by atoms with Crippen LogP contribution in [0.2, 0.25) is 0 Å². The number of rotatable bonds is 4. The lowest BCUT2D eigenvalue weighted by molar-refractivity contribution is -0.115. The average molecular weight is 384 g/mol. The second-order valence-corrected chi connectivity index (χ2v) is 7.59. The first-order valence-electron chi connectivity index (χ1n) is 8.61. The van der Waals surface area contributed by atoms with Gasteiger partial charge in [0.15, 0.2) is 5.17 Å². The van der Waals surface area contributed by atoms with Crippen LogP contribution in [-0.4, -0.2) is 18.2 Å². The van der Waals surface area contributed by atoms with Gasteiger partial charge in [-0.1, -0.05) is 13.8 Å². The number of methoxy groups -OCH3 is 1. The molecule has 140 valence electrons. The van der Waals surface area contributed by atoms with Crippen molar-refractivity contribution in [3.63, 3.8) is 0 Å². The largest absolute Gasteiger partial charge is 0.496 e. The molecule has 1 fully saturated rings. The minimum atomic E-state index is -0.321. The van der Waals surface area contributed by atoms with Gasteiger partial charge in [-0.2, -0.15) is 0 Å². The number of amidine groups is 1. The average Bonchev–Trinajstić information content (AvgIpc) is 2.97. The van der Waals surface area contributed by atoms with Crippen LogP contribution in [0.4, 0.5) is 10.1 Å². The van der Waals surface area contributed by atoms with Gasteiger partial charge in [-0.15, -0.1) is 0 Å². The smallest absolute Gasteiger partial charge is 0.264 e. The van der Waals surface area contributed by atoms with E-state index < -0.39 is 0 Å². The molecule has 2 aromatic carbocycles. The lowest BCUT2D eigenvalue weighted by Gasteiger charge is -2.14. The Morgan fingerprint density at radius 2 is 1.93 bits per heavy atom. The van der Waals surface area contributed by atoms with Crippen molar-refractivity contribution in [1.82, 2.24) is 5.32 Å². The van der Waals surface area contributed by atoms with Gasteiger partial charge in [0, 0.05) is 0 Å². The Labute approximate surface area is 162 Å². The highest BCUT2D eigenvalue weighted by atomic mass is 32.2. The second-order valence-electron chi connectivity index (χ2n) is 6.56. The van der Waals surface area contributed by atoms with Crippen molar-refractivity contribution >= 4 is 34.6 Å². The van der Waals surface area contributed by atoms with Crippen molar-refractivity contribution < 1.29 is 13.9 Å². The van der Waals surface area contributed by atoms with Crippen LogP contribution in [0.15, 0.2) is 46.3 Å². The Balaban J connectivity index is 1.90. The number of benzene rings is 2. The Morgan fingerprint density at radius 3 is 2.56 bits per heavy atom. The molecule has 1 saturated heterocycles. The molecular formula is C21H21FN2O2S. The van der Waals surface area contributed by atoms with Gasteiger partial charge in [-0.05, 0) is 83.8 Å². The summed E-state index contributed by atoms with van der Waals surface area (Å²) in [5.74, 6) is 0.644. The quantitative estimate of drug-likeness (QED) is 0.741. The van der Waals surface area contributed by atoms with Gasteiger partial charge in [0.05, 0.1) is 17.7 Å². The molecular weight excluding hydrogens is 363 g/mol. The molecule has 0 bridgehead atoms. The van der Waals surface area contributed by atoms with Gasteiger partial charge >= 0.3 is 0 Å². The summed E-state index contributed by atoms with van der Waals surface area (Å²) in [6.07, 6.45) is 1.87.